The molecule has 9 heteroatoms. The van der Waals surface area contributed by atoms with Gasteiger partial charge in [-0.05, 0) is 70.2 Å². The number of carbonyl (C=O) groups is 2. The van der Waals surface area contributed by atoms with E-state index in [0.29, 0.717) is 45.8 Å². The number of nitrogens with one attached hydrogen (secondary N) is 1. The normalized spacial score (nSPS) is 15.0. The molecule has 1 fully saturated rings. The van der Waals surface area contributed by atoms with Crippen LogP contribution in [0.2, 0.25) is 4.34 Å². The van der Waals surface area contributed by atoms with E-state index in [9.17, 15) is 14.7 Å². The Labute approximate surface area is 208 Å². The molecule has 3 aromatic rings. The molecule has 0 aliphatic carbocycles. The van der Waals surface area contributed by atoms with Crippen LogP contribution in [0.25, 0.3) is 10.8 Å². The van der Waals surface area contributed by atoms with Crippen molar-refractivity contribution >= 4 is 51.4 Å². The molecule has 0 bridgehead atoms. The number of nitrogens with zero attached hydrogens (tertiary/aromatic N) is 2. The minimum atomic E-state index is -0.489. The van der Waals surface area contributed by atoms with Crippen molar-refractivity contribution in [2.24, 2.45) is 5.92 Å². The smallest absolute Gasteiger partial charge is 0.410 e. The van der Waals surface area contributed by atoms with Gasteiger partial charge in [-0.3, -0.25) is 4.79 Å². The summed E-state index contributed by atoms with van der Waals surface area (Å²) >= 11 is 7.17. The molecule has 2 aromatic heterocycles. The van der Waals surface area contributed by atoms with Crippen molar-refractivity contribution in [1.82, 2.24) is 9.47 Å². The summed E-state index contributed by atoms with van der Waals surface area (Å²) in [4.78, 5) is 27.2. The summed E-state index contributed by atoms with van der Waals surface area (Å²) in [6.45, 7) is 7.65. The summed E-state index contributed by atoms with van der Waals surface area (Å²) in [6.07, 6.45) is 4.35. The van der Waals surface area contributed by atoms with Crippen molar-refractivity contribution < 1.29 is 19.4 Å². The second-order valence-electron chi connectivity index (χ2n) is 9.67. The van der Waals surface area contributed by atoms with Crippen molar-refractivity contribution in [3.8, 4) is 5.88 Å². The van der Waals surface area contributed by atoms with Gasteiger partial charge < -0.3 is 24.6 Å². The molecule has 4 rings (SSSR count). The Hall–Kier alpha value is -2.71. The van der Waals surface area contributed by atoms with Crippen LogP contribution in [-0.4, -0.2) is 45.3 Å². The van der Waals surface area contributed by atoms with Crippen LogP contribution < -0.4 is 5.32 Å². The lowest BCUT2D eigenvalue weighted by Crippen LogP contribution is -2.41. The van der Waals surface area contributed by atoms with Gasteiger partial charge in [-0.2, -0.15) is 0 Å². The van der Waals surface area contributed by atoms with Crippen molar-refractivity contribution in [2.45, 2.75) is 52.2 Å². The number of carbonyl (C=O) groups excluding carboxylic acids is 2. The number of halogens is 1. The highest BCUT2D eigenvalue weighted by Crippen LogP contribution is 2.34. The third kappa shape index (κ3) is 5.67. The Morgan fingerprint density at radius 1 is 1.18 bits per heavy atom. The fourth-order valence-electron chi connectivity index (χ4n) is 4.22. The van der Waals surface area contributed by atoms with Crippen LogP contribution in [0.15, 0.2) is 36.5 Å². The number of likely N-dealkylation sites (tertiary alicyclic amines) is 1. The van der Waals surface area contributed by atoms with Gasteiger partial charge in [0.15, 0.2) is 5.88 Å². The van der Waals surface area contributed by atoms with Crippen LogP contribution in [-0.2, 0) is 11.3 Å². The number of rotatable bonds is 5. The number of piperidine rings is 1. The summed E-state index contributed by atoms with van der Waals surface area (Å²) in [5.41, 5.74) is 0.156. The quantitative estimate of drug-likeness (QED) is 0.425. The van der Waals surface area contributed by atoms with E-state index in [1.54, 1.807) is 17.0 Å². The molecule has 1 aliphatic heterocycles. The number of hydrogen-bond acceptors (Lipinski definition) is 5. The predicted octanol–water partition coefficient (Wildman–Crippen LogP) is 6.35. The molecule has 0 saturated carbocycles. The monoisotopic (exact) mass is 503 g/mol. The number of amides is 2. The molecule has 0 unspecified atom stereocenters. The Morgan fingerprint density at radius 3 is 2.56 bits per heavy atom. The first-order valence-electron chi connectivity index (χ1n) is 11.5. The van der Waals surface area contributed by atoms with E-state index in [4.69, 9.17) is 16.3 Å². The van der Waals surface area contributed by atoms with Crippen LogP contribution in [0.1, 0.15) is 49.7 Å². The van der Waals surface area contributed by atoms with Crippen molar-refractivity contribution in [3.05, 3.63) is 45.7 Å². The fraction of sp³-hybridized carbons (Fsp3) is 0.440. The first-order valence-corrected chi connectivity index (χ1v) is 12.7. The van der Waals surface area contributed by atoms with E-state index in [0.717, 1.165) is 24.6 Å². The predicted molar refractivity (Wildman–Crippen MR) is 136 cm³/mol. The van der Waals surface area contributed by atoms with Crippen molar-refractivity contribution in [3.63, 3.8) is 0 Å². The minimum absolute atomic E-state index is 0.191. The van der Waals surface area contributed by atoms with Crippen molar-refractivity contribution in [1.29, 1.82) is 0 Å². The number of aromatic hydroxyl groups is 1. The van der Waals surface area contributed by atoms with Gasteiger partial charge >= 0.3 is 6.09 Å². The lowest BCUT2D eigenvalue weighted by molar-refractivity contribution is 0.0179. The molecule has 182 valence electrons. The number of anilines is 1. The van der Waals surface area contributed by atoms with Gasteiger partial charge in [-0.15, -0.1) is 11.3 Å². The largest absolute Gasteiger partial charge is 0.494 e. The molecule has 1 aliphatic rings. The van der Waals surface area contributed by atoms with Gasteiger partial charge in [0.05, 0.1) is 14.9 Å². The highest BCUT2D eigenvalue weighted by Gasteiger charge is 2.27. The average Bonchev–Trinajstić information content (AvgIpc) is 3.35. The molecule has 0 atom stereocenters. The van der Waals surface area contributed by atoms with Crippen LogP contribution >= 0.6 is 22.9 Å². The van der Waals surface area contributed by atoms with Gasteiger partial charge in [-0.1, -0.05) is 17.7 Å². The number of aromatic nitrogens is 1. The van der Waals surface area contributed by atoms with Gasteiger partial charge in [-0.25, -0.2) is 4.79 Å². The molecule has 1 saturated heterocycles. The highest BCUT2D eigenvalue weighted by molar-refractivity contribution is 7.18. The molecule has 0 radical (unpaired) electrons. The van der Waals surface area contributed by atoms with Crippen LogP contribution in [0.3, 0.4) is 0 Å². The topological polar surface area (TPSA) is 83.8 Å². The molecule has 0 spiro atoms. The highest BCUT2D eigenvalue weighted by atomic mass is 35.5. The Kier molecular flexibility index (Phi) is 7.09. The molecule has 2 N–H and O–H groups in total. The summed E-state index contributed by atoms with van der Waals surface area (Å²) in [5, 5.41) is 15.2. The average molecular weight is 504 g/mol. The van der Waals surface area contributed by atoms with Crippen LogP contribution in [0, 0.1) is 5.92 Å². The number of thiophene rings is 1. The van der Waals surface area contributed by atoms with E-state index in [1.807, 2.05) is 49.7 Å². The molecular weight excluding hydrogens is 474 g/mol. The maximum absolute atomic E-state index is 12.6. The second kappa shape index (κ2) is 9.88. The Balaban J connectivity index is 1.38. The van der Waals surface area contributed by atoms with Crippen molar-refractivity contribution in [2.75, 3.05) is 18.4 Å². The minimum Gasteiger partial charge on any atom is -0.494 e. The summed E-state index contributed by atoms with van der Waals surface area (Å²) in [5.74, 6) is 0.427. The number of hydrogen-bond donors (Lipinski definition) is 2. The molecular formula is C25H30ClN3O4S. The maximum atomic E-state index is 12.6. The first kappa shape index (κ1) is 24.4. The summed E-state index contributed by atoms with van der Waals surface area (Å²) in [6, 6.07) is 8.88. The molecule has 3 heterocycles. The number of ether oxygens (including phenoxy) is 1. The number of fused-ring (bicyclic) bond motifs is 1. The zero-order valence-electron chi connectivity index (χ0n) is 19.6. The zero-order chi connectivity index (χ0) is 24.5. The molecule has 2 amide bonds. The summed E-state index contributed by atoms with van der Waals surface area (Å²) < 4.78 is 7.87. The first-order chi connectivity index (χ1) is 16.1. The van der Waals surface area contributed by atoms with Gasteiger partial charge in [0.25, 0.3) is 5.91 Å². The van der Waals surface area contributed by atoms with Gasteiger partial charge in [0.1, 0.15) is 5.60 Å². The Bertz CT molecular complexity index is 1190. The second-order valence-corrected chi connectivity index (χ2v) is 11.4. The molecule has 34 heavy (non-hydrogen) atoms. The van der Waals surface area contributed by atoms with Gasteiger partial charge in [0.2, 0.25) is 0 Å². The molecule has 1 aromatic carbocycles. The van der Waals surface area contributed by atoms with E-state index in [1.165, 1.54) is 11.3 Å². The van der Waals surface area contributed by atoms with Gasteiger partial charge in [0, 0.05) is 36.6 Å². The summed E-state index contributed by atoms with van der Waals surface area (Å²) in [7, 11) is 0. The van der Waals surface area contributed by atoms with Crippen LogP contribution in [0.4, 0.5) is 10.5 Å². The maximum Gasteiger partial charge on any atom is 0.410 e. The van der Waals surface area contributed by atoms with E-state index in [2.05, 4.69) is 5.32 Å². The van der Waals surface area contributed by atoms with Crippen LogP contribution in [0.5, 0.6) is 5.88 Å². The fourth-order valence-corrected chi connectivity index (χ4v) is 5.16. The van der Waals surface area contributed by atoms with E-state index >= 15 is 0 Å². The van der Waals surface area contributed by atoms with E-state index < -0.39 is 5.60 Å². The van der Waals surface area contributed by atoms with E-state index in [-0.39, 0.29) is 17.9 Å². The third-order valence-corrected chi connectivity index (χ3v) is 7.22. The number of benzene rings is 1. The number of aryl methyl sites for hydroxylation is 1. The molecule has 7 nitrogen and oxygen atoms in total. The third-order valence-electron chi connectivity index (χ3n) is 5.99. The standard InChI is InChI=1S/C25H30ClN3O4S/c1-25(2,3)33-24(32)28-12-9-16(10-13-28)11-14-29-15-18-17(23(29)31)5-4-6-19(18)27-22(30)20-7-8-21(26)34-20/h4-8,15-16,31H,9-14H2,1-3H3,(H,27,30). The Morgan fingerprint density at radius 2 is 1.91 bits per heavy atom. The zero-order valence-corrected chi connectivity index (χ0v) is 21.2. The lowest BCUT2D eigenvalue weighted by atomic mass is 9.94. The SMILES string of the molecule is CC(C)(C)OC(=O)N1CCC(CCn2cc3c(NC(=O)c4ccc(Cl)s4)cccc3c2O)CC1. The lowest BCUT2D eigenvalue weighted by Gasteiger charge is -2.33.